The summed E-state index contributed by atoms with van der Waals surface area (Å²) in [6.07, 6.45) is 8.47. The molecule has 54 heavy (non-hydrogen) atoms. The number of thioether (sulfide) groups is 1. The maximum Gasteiger partial charge on any atom is 0.258 e. The summed E-state index contributed by atoms with van der Waals surface area (Å²) in [4.78, 5) is 55.1. The van der Waals surface area contributed by atoms with Crippen molar-refractivity contribution >= 4 is 58.5 Å². The molecule has 6 rings (SSSR count). The highest BCUT2D eigenvalue weighted by atomic mass is 35.5. The number of alkyl halides is 1. The zero-order valence-electron chi connectivity index (χ0n) is 32.3. The van der Waals surface area contributed by atoms with Gasteiger partial charge in [0.15, 0.2) is 5.67 Å². The molecule has 2 aliphatic carbocycles. The second kappa shape index (κ2) is 17.2. The van der Waals surface area contributed by atoms with E-state index in [9.17, 15) is 18.8 Å². The lowest BCUT2D eigenvalue weighted by atomic mass is 9.82. The molecule has 4 aliphatic rings. The molecule has 296 valence electrons. The molecule has 3 N–H and O–H groups in total. The second-order valence-corrected chi connectivity index (χ2v) is 18.1. The fourth-order valence-electron chi connectivity index (χ4n) is 8.02. The largest absolute Gasteiger partial charge is 0.495 e. The van der Waals surface area contributed by atoms with E-state index in [1.807, 2.05) is 23.6 Å². The van der Waals surface area contributed by atoms with Crippen LogP contribution in [0.4, 0.5) is 21.8 Å². The number of amides is 3. The average Bonchev–Trinajstić information content (AvgIpc) is 3.79. The Labute approximate surface area is 328 Å². The van der Waals surface area contributed by atoms with Crippen molar-refractivity contribution in [1.82, 2.24) is 30.0 Å². The summed E-state index contributed by atoms with van der Waals surface area (Å²) in [7, 11) is 3.30. The van der Waals surface area contributed by atoms with Gasteiger partial charge in [0.05, 0.1) is 19.0 Å². The first kappa shape index (κ1) is 40.3. The minimum atomic E-state index is -1.82. The van der Waals surface area contributed by atoms with Crippen molar-refractivity contribution in [3.05, 3.63) is 35.0 Å². The molecule has 1 aromatic heterocycles. The SMILES string of the molecule is CNc1nc(Nc2ccc(C(=O)N3CCN(CC4CCCC(CSC(C)(C)C(NC(=O)C5(F)CC5)C(=O)N5CCCC5C)C4)CC3)cc2OC)ncc1Cl. The average molecular weight is 787 g/mol. The van der Waals surface area contributed by atoms with Crippen molar-refractivity contribution in [3.8, 4) is 5.75 Å². The summed E-state index contributed by atoms with van der Waals surface area (Å²) >= 11 is 7.86. The lowest BCUT2D eigenvalue weighted by Crippen LogP contribution is -2.59. The highest BCUT2D eigenvalue weighted by Crippen LogP contribution is 2.42. The van der Waals surface area contributed by atoms with Gasteiger partial charge in [-0.25, -0.2) is 9.37 Å². The Kier molecular flexibility index (Phi) is 12.8. The first-order valence-corrected chi connectivity index (χ1v) is 20.8. The topological polar surface area (TPSA) is 132 Å². The van der Waals surface area contributed by atoms with Crippen molar-refractivity contribution in [2.75, 3.05) is 69.8 Å². The Morgan fingerprint density at radius 2 is 1.83 bits per heavy atom. The number of benzene rings is 1. The molecule has 12 nitrogen and oxygen atoms in total. The number of aromatic nitrogens is 2. The normalized spacial score (nSPS) is 23.4. The smallest absolute Gasteiger partial charge is 0.258 e. The molecule has 15 heteroatoms. The molecule has 2 saturated heterocycles. The van der Waals surface area contributed by atoms with Crippen LogP contribution in [-0.2, 0) is 9.59 Å². The van der Waals surface area contributed by atoms with Gasteiger partial charge in [0, 0.05) is 62.7 Å². The minimum Gasteiger partial charge on any atom is -0.495 e. The van der Waals surface area contributed by atoms with Crippen LogP contribution in [0.3, 0.4) is 0 Å². The van der Waals surface area contributed by atoms with Crippen molar-refractivity contribution in [2.45, 2.75) is 94.6 Å². The number of ether oxygens (including phenoxy) is 1. The summed E-state index contributed by atoms with van der Waals surface area (Å²) in [5, 5.41) is 9.36. The Bertz CT molecular complexity index is 1670. The number of likely N-dealkylation sites (tertiary alicyclic amines) is 1. The van der Waals surface area contributed by atoms with Crippen LogP contribution in [0, 0.1) is 11.8 Å². The van der Waals surface area contributed by atoms with Gasteiger partial charge in [0.1, 0.15) is 22.6 Å². The van der Waals surface area contributed by atoms with Crippen molar-refractivity contribution in [1.29, 1.82) is 0 Å². The number of carbonyl (C=O) groups is 3. The monoisotopic (exact) mass is 786 g/mol. The number of hydrogen-bond acceptors (Lipinski definition) is 10. The van der Waals surface area contributed by atoms with Crippen LogP contribution in [0.1, 0.15) is 82.5 Å². The minimum absolute atomic E-state index is 0.0249. The van der Waals surface area contributed by atoms with Crippen LogP contribution in [0.15, 0.2) is 24.4 Å². The number of piperazine rings is 1. The Hall–Kier alpha value is -3.36. The van der Waals surface area contributed by atoms with Gasteiger partial charge in [-0.3, -0.25) is 19.3 Å². The van der Waals surface area contributed by atoms with Crippen LogP contribution in [-0.4, -0.2) is 124 Å². The van der Waals surface area contributed by atoms with Crippen LogP contribution in [0.2, 0.25) is 5.02 Å². The van der Waals surface area contributed by atoms with Gasteiger partial charge in [0.25, 0.3) is 11.8 Å². The molecular formula is C39H56ClFN8O4S. The van der Waals surface area contributed by atoms with Gasteiger partial charge in [-0.1, -0.05) is 18.0 Å². The lowest BCUT2D eigenvalue weighted by Gasteiger charge is -2.40. The molecule has 4 unspecified atom stereocenters. The molecular weight excluding hydrogens is 731 g/mol. The Morgan fingerprint density at radius 3 is 2.50 bits per heavy atom. The number of halogens is 2. The number of carbonyl (C=O) groups excluding carboxylic acids is 3. The zero-order valence-corrected chi connectivity index (χ0v) is 33.8. The van der Waals surface area contributed by atoms with Crippen LogP contribution < -0.4 is 20.7 Å². The molecule has 2 aliphatic heterocycles. The highest BCUT2D eigenvalue weighted by Gasteiger charge is 2.53. The van der Waals surface area contributed by atoms with E-state index in [1.165, 1.54) is 12.6 Å². The standard InChI is InChI=1S/C39H56ClFN8O4S/c1-25-8-7-15-49(25)35(51)32(45-36(52)39(41)13-14-39)38(2,3)54-24-27-10-6-9-26(20-27)23-47-16-18-48(19-17-47)34(50)28-11-12-30(31(21-28)53-5)44-37-43-22-29(40)33(42-4)46-37/h11-12,21-22,25-27,32H,6-10,13-20,23-24H2,1-5H3,(H,45,52)(H2,42,43,44,46). The number of nitrogens with zero attached hydrogens (tertiary/aromatic N) is 5. The van der Waals surface area contributed by atoms with Gasteiger partial charge in [0.2, 0.25) is 11.9 Å². The molecule has 0 bridgehead atoms. The molecule has 2 saturated carbocycles. The Balaban J connectivity index is 0.987. The van der Waals surface area contributed by atoms with E-state index >= 15 is 0 Å². The van der Waals surface area contributed by atoms with E-state index in [1.54, 1.807) is 44.1 Å². The third kappa shape index (κ3) is 9.53. The molecule has 0 radical (unpaired) electrons. The summed E-state index contributed by atoms with van der Waals surface area (Å²) in [5.74, 6) is 2.58. The Morgan fingerprint density at radius 1 is 1.09 bits per heavy atom. The van der Waals surface area contributed by atoms with E-state index < -0.39 is 22.4 Å². The van der Waals surface area contributed by atoms with Crippen molar-refractivity contribution in [2.24, 2.45) is 11.8 Å². The van der Waals surface area contributed by atoms with Gasteiger partial charge in [-0.2, -0.15) is 16.7 Å². The van der Waals surface area contributed by atoms with Crippen molar-refractivity contribution < 1.29 is 23.5 Å². The summed E-state index contributed by atoms with van der Waals surface area (Å²) < 4.78 is 19.8. The van der Waals surface area contributed by atoms with Gasteiger partial charge in [-0.05, 0) is 102 Å². The number of hydrogen-bond donors (Lipinski definition) is 3. The van der Waals surface area contributed by atoms with Gasteiger partial charge in [-0.15, -0.1) is 0 Å². The fraction of sp³-hybridized carbons (Fsp3) is 0.667. The zero-order chi connectivity index (χ0) is 38.6. The summed E-state index contributed by atoms with van der Waals surface area (Å²) in [5.41, 5.74) is -0.630. The van der Waals surface area contributed by atoms with Crippen LogP contribution >= 0.6 is 23.4 Å². The number of rotatable bonds is 14. The number of anilines is 3. The van der Waals surface area contributed by atoms with E-state index in [2.05, 4.69) is 37.7 Å². The molecule has 3 amide bonds. The van der Waals surface area contributed by atoms with E-state index in [0.717, 1.165) is 57.5 Å². The van der Waals surface area contributed by atoms with E-state index in [4.69, 9.17) is 16.3 Å². The maximum atomic E-state index is 14.8. The second-order valence-electron chi connectivity index (χ2n) is 16.0. The first-order chi connectivity index (χ1) is 25.8. The third-order valence-electron chi connectivity index (χ3n) is 11.6. The van der Waals surface area contributed by atoms with E-state index in [-0.39, 0.29) is 30.7 Å². The quantitative estimate of drug-likeness (QED) is 0.210. The molecule has 2 aromatic rings. The molecule has 3 heterocycles. The predicted octanol–water partition coefficient (Wildman–Crippen LogP) is 6.00. The molecule has 4 fully saturated rings. The van der Waals surface area contributed by atoms with E-state index in [0.29, 0.717) is 65.3 Å². The number of nitrogens with one attached hydrogen (secondary N) is 3. The maximum absolute atomic E-state index is 14.8. The summed E-state index contributed by atoms with van der Waals surface area (Å²) in [6, 6.07) is 4.69. The third-order valence-corrected chi connectivity index (χ3v) is 13.5. The first-order valence-electron chi connectivity index (χ1n) is 19.4. The van der Waals surface area contributed by atoms with Crippen LogP contribution in [0.5, 0.6) is 5.75 Å². The van der Waals surface area contributed by atoms with Crippen molar-refractivity contribution in [3.63, 3.8) is 0 Å². The fourth-order valence-corrected chi connectivity index (χ4v) is 9.50. The lowest BCUT2D eigenvalue weighted by molar-refractivity contribution is -0.139. The highest BCUT2D eigenvalue weighted by molar-refractivity contribution is 8.00. The molecule has 4 atom stereocenters. The predicted molar refractivity (Wildman–Crippen MR) is 213 cm³/mol. The van der Waals surface area contributed by atoms with Gasteiger partial charge >= 0.3 is 0 Å². The van der Waals surface area contributed by atoms with Gasteiger partial charge < -0.3 is 30.5 Å². The molecule has 1 aromatic carbocycles. The van der Waals surface area contributed by atoms with Crippen LogP contribution in [0.25, 0.3) is 0 Å². The number of methoxy groups -OCH3 is 1. The summed E-state index contributed by atoms with van der Waals surface area (Å²) in [6.45, 7) is 10.7. The molecule has 0 spiro atoms.